The first-order valence-corrected chi connectivity index (χ1v) is 7.27. The van der Waals surface area contributed by atoms with Crippen molar-refractivity contribution in [1.29, 1.82) is 0 Å². The van der Waals surface area contributed by atoms with E-state index in [1.807, 2.05) is 12.1 Å². The highest BCUT2D eigenvalue weighted by molar-refractivity contribution is 7.16. The summed E-state index contributed by atoms with van der Waals surface area (Å²) in [6, 6.07) is 3.94. The highest BCUT2D eigenvalue weighted by Gasteiger charge is 2.22. The number of hydrogen-bond acceptors (Lipinski definition) is 5. The minimum atomic E-state index is 0.0828. The van der Waals surface area contributed by atoms with Gasteiger partial charge in [0.2, 0.25) is 0 Å². The van der Waals surface area contributed by atoms with Crippen LogP contribution in [-0.4, -0.2) is 56.1 Å². The molecule has 2 heterocycles. The van der Waals surface area contributed by atoms with E-state index in [2.05, 4.69) is 4.90 Å². The van der Waals surface area contributed by atoms with Crippen molar-refractivity contribution >= 4 is 22.9 Å². The standard InChI is InChI=1S/C12H18ClNO3S/c13-12-2-1-11(18-12)10-9-14(4-7-17-10)3-6-16-8-5-15/h1-2,10,15H,3-9H2. The lowest BCUT2D eigenvalue weighted by molar-refractivity contribution is -0.0373. The number of aliphatic hydroxyl groups is 1. The fourth-order valence-electron chi connectivity index (χ4n) is 1.94. The van der Waals surface area contributed by atoms with E-state index in [0.717, 1.165) is 30.6 Å². The summed E-state index contributed by atoms with van der Waals surface area (Å²) >= 11 is 7.52. The number of nitrogens with zero attached hydrogens (tertiary/aromatic N) is 1. The average Bonchev–Trinajstić information content (AvgIpc) is 2.82. The molecule has 0 aliphatic carbocycles. The zero-order valence-corrected chi connectivity index (χ0v) is 11.8. The zero-order chi connectivity index (χ0) is 12.8. The van der Waals surface area contributed by atoms with E-state index in [4.69, 9.17) is 26.2 Å². The molecule has 1 fully saturated rings. The van der Waals surface area contributed by atoms with Crippen LogP contribution in [0, 0.1) is 0 Å². The zero-order valence-electron chi connectivity index (χ0n) is 10.2. The molecule has 1 aliphatic heterocycles. The van der Waals surface area contributed by atoms with Gasteiger partial charge >= 0.3 is 0 Å². The molecule has 1 atom stereocenters. The second kappa shape index (κ2) is 7.43. The summed E-state index contributed by atoms with van der Waals surface area (Å²) in [5, 5.41) is 8.63. The highest BCUT2D eigenvalue weighted by atomic mass is 35.5. The summed E-state index contributed by atoms with van der Waals surface area (Å²) in [5.74, 6) is 0. The maximum Gasteiger partial charge on any atom is 0.104 e. The van der Waals surface area contributed by atoms with Gasteiger partial charge in [-0.15, -0.1) is 11.3 Å². The van der Waals surface area contributed by atoms with E-state index in [1.165, 1.54) is 4.88 Å². The molecule has 0 radical (unpaired) electrons. The van der Waals surface area contributed by atoms with E-state index in [1.54, 1.807) is 11.3 Å². The first kappa shape index (κ1) is 14.2. The van der Waals surface area contributed by atoms with Crippen LogP contribution in [0.2, 0.25) is 4.34 Å². The van der Waals surface area contributed by atoms with Gasteiger partial charge in [0.15, 0.2) is 0 Å². The molecule has 1 aromatic heterocycles. The van der Waals surface area contributed by atoms with Crippen LogP contribution in [0.5, 0.6) is 0 Å². The van der Waals surface area contributed by atoms with Crippen molar-refractivity contribution in [3.05, 3.63) is 21.3 Å². The molecule has 1 saturated heterocycles. The van der Waals surface area contributed by atoms with Gasteiger partial charge in [0.25, 0.3) is 0 Å². The molecule has 1 unspecified atom stereocenters. The molecular weight excluding hydrogens is 274 g/mol. The Kier molecular flexibility index (Phi) is 5.88. The van der Waals surface area contributed by atoms with Gasteiger partial charge in [-0.2, -0.15) is 0 Å². The molecule has 0 amide bonds. The summed E-state index contributed by atoms with van der Waals surface area (Å²) < 4.78 is 11.8. The SMILES string of the molecule is OCCOCCN1CCOC(c2ccc(Cl)s2)C1. The predicted octanol–water partition coefficient (Wildman–Crippen LogP) is 1.78. The minimum Gasteiger partial charge on any atom is -0.394 e. The Morgan fingerprint density at radius 3 is 3.11 bits per heavy atom. The topological polar surface area (TPSA) is 41.9 Å². The molecule has 1 aromatic rings. The average molecular weight is 292 g/mol. The van der Waals surface area contributed by atoms with Crippen LogP contribution < -0.4 is 0 Å². The molecule has 4 nitrogen and oxygen atoms in total. The van der Waals surface area contributed by atoms with Crippen molar-refractivity contribution in [3.63, 3.8) is 0 Å². The lowest BCUT2D eigenvalue weighted by Gasteiger charge is -2.32. The van der Waals surface area contributed by atoms with Gasteiger partial charge in [-0.1, -0.05) is 11.6 Å². The van der Waals surface area contributed by atoms with E-state index in [-0.39, 0.29) is 12.7 Å². The van der Waals surface area contributed by atoms with Gasteiger partial charge in [-0.3, -0.25) is 4.90 Å². The van der Waals surface area contributed by atoms with Gasteiger partial charge < -0.3 is 14.6 Å². The van der Waals surface area contributed by atoms with Gasteiger partial charge in [0.05, 0.1) is 30.8 Å². The Morgan fingerprint density at radius 2 is 2.39 bits per heavy atom. The fraction of sp³-hybridized carbons (Fsp3) is 0.667. The largest absolute Gasteiger partial charge is 0.394 e. The third-order valence-corrected chi connectivity index (χ3v) is 4.17. The number of halogens is 1. The van der Waals surface area contributed by atoms with Crippen LogP contribution in [0.3, 0.4) is 0 Å². The maximum atomic E-state index is 8.63. The van der Waals surface area contributed by atoms with Crippen molar-refractivity contribution in [2.75, 3.05) is 46.1 Å². The van der Waals surface area contributed by atoms with Crippen LogP contribution in [0.25, 0.3) is 0 Å². The molecule has 0 aromatic carbocycles. The third kappa shape index (κ3) is 4.19. The molecule has 6 heteroatoms. The highest BCUT2D eigenvalue weighted by Crippen LogP contribution is 2.30. The van der Waals surface area contributed by atoms with Crippen molar-refractivity contribution in [1.82, 2.24) is 4.90 Å². The van der Waals surface area contributed by atoms with Gasteiger partial charge in [-0.25, -0.2) is 0 Å². The Bertz CT molecular complexity index is 361. The Hall–Kier alpha value is -0.170. The Balaban J connectivity index is 1.77. The molecule has 102 valence electrons. The Labute approximate surface area is 116 Å². The van der Waals surface area contributed by atoms with Gasteiger partial charge in [-0.05, 0) is 12.1 Å². The summed E-state index contributed by atoms with van der Waals surface area (Å²) in [7, 11) is 0. The second-order valence-electron chi connectivity index (χ2n) is 4.14. The van der Waals surface area contributed by atoms with Crippen molar-refractivity contribution < 1.29 is 14.6 Å². The fourth-order valence-corrected chi connectivity index (χ4v) is 3.04. The van der Waals surface area contributed by atoms with Gasteiger partial charge in [0, 0.05) is 24.5 Å². The van der Waals surface area contributed by atoms with Crippen LogP contribution in [0.4, 0.5) is 0 Å². The maximum absolute atomic E-state index is 8.63. The van der Waals surface area contributed by atoms with E-state index in [9.17, 15) is 0 Å². The van der Waals surface area contributed by atoms with E-state index in [0.29, 0.717) is 13.2 Å². The summed E-state index contributed by atoms with van der Waals surface area (Å²) in [6.07, 6.45) is 0.120. The summed E-state index contributed by atoms with van der Waals surface area (Å²) in [4.78, 5) is 3.50. The Morgan fingerprint density at radius 1 is 1.50 bits per heavy atom. The predicted molar refractivity (Wildman–Crippen MR) is 72.4 cm³/mol. The normalized spacial score (nSPS) is 21.3. The number of rotatable bonds is 6. The van der Waals surface area contributed by atoms with E-state index < -0.39 is 0 Å². The molecule has 2 rings (SSSR count). The number of thiophene rings is 1. The molecule has 18 heavy (non-hydrogen) atoms. The van der Waals surface area contributed by atoms with Crippen molar-refractivity contribution in [2.45, 2.75) is 6.10 Å². The van der Waals surface area contributed by atoms with E-state index >= 15 is 0 Å². The van der Waals surface area contributed by atoms with Crippen LogP contribution in [0.15, 0.2) is 12.1 Å². The quantitative estimate of drug-likeness (QED) is 0.812. The minimum absolute atomic E-state index is 0.0828. The van der Waals surface area contributed by atoms with Crippen LogP contribution >= 0.6 is 22.9 Å². The molecular formula is C12H18ClNO3S. The summed E-state index contributed by atoms with van der Waals surface area (Å²) in [5.41, 5.74) is 0. The third-order valence-electron chi connectivity index (χ3n) is 2.85. The first-order valence-electron chi connectivity index (χ1n) is 6.07. The summed E-state index contributed by atoms with van der Waals surface area (Å²) in [6.45, 7) is 4.56. The van der Waals surface area contributed by atoms with Crippen molar-refractivity contribution in [3.8, 4) is 0 Å². The van der Waals surface area contributed by atoms with Gasteiger partial charge in [0.1, 0.15) is 6.10 Å². The molecule has 0 spiro atoms. The number of hydrogen-bond donors (Lipinski definition) is 1. The number of morpholine rings is 1. The molecule has 1 N–H and O–H groups in total. The number of ether oxygens (including phenoxy) is 2. The molecule has 1 aliphatic rings. The molecule has 0 bridgehead atoms. The van der Waals surface area contributed by atoms with Crippen molar-refractivity contribution in [2.24, 2.45) is 0 Å². The molecule has 0 saturated carbocycles. The smallest absolute Gasteiger partial charge is 0.104 e. The lowest BCUT2D eigenvalue weighted by Crippen LogP contribution is -2.40. The lowest BCUT2D eigenvalue weighted by atomic mass is 10.2. The van der Waals surface area contributed by atoms with Crippen LogP contribution in [0.1, 0.15) is 11.0 Å². The van der Waals surface area contributed by atoms with Crippen LogP contribution in [-0.2, 0) is 9.47 Å². The number of aliphatic hydroxyl groups excluding tert-OH is 1. The second-order valence-corrected chi connectivity index (χ2v) is 5.88. The first-order chi connectivity index (χ1) is 8.79. The monoisotopic (exact) mass is 291 g/mol.